The van der Waals surface area contributed by atoms with E-state index in [9.17, 15) is 18.0 Å². The molecule has 88 valence electrons. The Morgan fingerprint density at radius 1 is 1.19 bits per heavy atom. The van der Waals surface area contributed by atoms with E-state index in [1.54, 1.807) is 0 Å². The third kappa shape index (κ3) is 3.68. The van der Waals surface area contributed by atoms with Crippen molar-refractivity contribution in [1.82, 2.24) is 0 Å². The van der Waals surface area contributed by atoms with Crippen LogP contribution in [0, 0.1) is 0 Å². The number of hydrogen-bond acceptors (Lipinski definition) is 1. The zero-order valence-electron chi connectivity index (χ0n) is 7.94. The number of alkyl halides is 3. The van der Waals surface area contributed by atoms with Gasteiger partial charge in [0.2, 0.25) is 5.78 Å². The van der Waals surface area contributed by atoms with Gasteiger partial charge in [0.05, 0.1) is 10.0 Å². The second-order valence-corrected chi connectivity index (χ2v) is 3.98. The fourth-order valence-corrected chi connectivity index (χ4v) is 1.42. The summed E-state index contributed by atoms with van der Waals surface area (Å²) in [7, 11) is 0. The monoisotopic (exact) mass is 270 g/mol. The van der Waals surface area contributed by atoms with Crippen molar-refractivity contribution in [2.24, 2.45) is 0 Å². The molecule has 0 bridgehead atoms. The van der Waals surface area contributed by atoms with Crippen LogP contribution in [-0.2, 0) is 11.2 Å². The molecule has 0 heterocycles. The molecule has 0 radical (unpaired) electrons. The van der Waals surface area contributed by atoms with Crippen LogP contribution in [0.25, 0.3) is 0 Å². The zero-order chi connectivity index (χ0) is 12.3. The maximum absolute atomic E-state index is 11.9. The Labute approximate surface area is 100 Å². The van der Waals surface area contributed by atoms with Gasteiger partial charge in [0.15, 0.2) is 0 Å². The van der Waals surface area contributed by atoms with Gasteiger partial charge in [-0.2, -0.15) is 13.2 Å². The van der Waals surface area contributed by atoms with E-state index in [0.29, 0.717) is 10.6 Å². The van der Waals surface area contributed by atoms with Crippen LogP contribution in [-0.4, -0.2) is 12.0 Å². The Morgan fingerprint density at radius 3 is 2.31 bits per heavy atom. The summed E-state index contributed by atoms with van der Waals surface area (Å²) in [6.45, 7) is 0. The molecular weight excluding hydrogens is 264 g/mol. The highest BCUT2D eigenvalue weighted by atomic mass is 35.5. The van der Waals surface area contributed by atoms with Crippen molar-refractivity contribution in [1.29, 1.82) is 0 Å². The molecule has 0 unspecified atom stereocenters. The summed E-state index contributed by atoms with van der Waals surface area (Å²) in [5, 5.41) is 0.589. The fraction of sp³-hybridized carbons (Fsp3) is 0.300. The number of carbonyl (C=O) groups is 1. The van der Waals surface area contributed by atoms with E-state index in [0.717, 1.165) is 0 Å². The number of aryl methyl sites for hydroxylation is 1. The summed E-state index contributed by atoms with van der Waals surface area (Å²) in [6.07, 6.45) is -5.35. The topological polar surface area (TPSA) is 17.1 Å². The molecule has 0 atom stereocenters. The highest BCUT2D eigenvalue weighted by Crippen LogP contribution is 2.24. The first-order valence-electron chi connectivity index (χ1n) is 4.34. The maximum Gasteiger partial charge on any atom is 0.449 e. The molecule has 0 saturated carbocycles. The van der Waals surface area contributed by atoms with Crippen molar-refractivity contribution in [2.75, 3.05) is 0 Å². The first-order valence-corrected chi connectivity index (χ1v) is 5.10. The minimum Gasteiger partial charge on any atom is -0.290 e. The van der Waals surface area contributed by atoms with Crippen molar-refractivity contribution in [2.45, 2.75) is 19.0 Å². The van der Waals surface area contributed by atoms with Gasteiger partial charge in [-0.3, -0.25) is 4.79 Å². The molecule has 0 aromatic heterocycles. The standard InChI is InChI=1S/C10H7Cl2F3O/c11-7-3-1-6(5-8(7)12)2-4-9(16)10(13,14)15/h1,3,5H,2,4H2. The second kappa shape index (κ2) is 5.06. The van der Waals surface area contributed by atoms with Gasteiger partial charge >= 0.3 is 6.18 Å². The van der Waals surface area contributed by atoms with Crippen LogP contribution >= 0.6 is 23.2 Å². The van der Waals surface area contributed by atoms with Crippen LogP contribution in [0.5, 0.6) is 0 Å². The number of hydrogen-bond donors (Lipinski definition) is 0. The molecule has 0 fully saturated rings. The van der Waals surface area contributed by atoms with E-state index in [-0.39, 0.29) is 11.4 Å². The number of halogens is 5. The van der Waals surface area contributed by atoms with E-state index < -0.39 is 18.4 Å². The van der Waals surface area contributed by atoms with E-state index in [4.69, 9.17) is 23.2 Å². The van der Waals surface area contributed by atoms with Crippen LogP contribution in [0.2, 0.25) is 10.0 Å². The van der Waals surface area contributed by atoms with Crippen molar-refractivity contribution < 1.29 is 18.0 Å². The molecule has 1 nitrogen and oxygen atoms in total. The lowest BCUT2D eigenvalue weighted by molar-refractivity contribution is -0.171. The van der Waals surface area contributed by atoms with E-state index in [2.05, 4.69) is 0 Å². The minimum atomic E-state index is -4.77. The van der Waals surface area contributed by atoms with Gasteiger partial charge in [-0.05, 0) is 24.1 Å². The van der Waals surface area contributed by atoms with Crippen LogP contribution < -0.4 is 0 Å². The van der Waals surface area contributed by atoms with Gasteiger partial charge in [-0.15, -0.1) is 0 Å². The molecule has 6 heteroatoms. The molecule has 0 amide bonds. The molecule has 1 aromatic carbocycles. The van der Waals surface area contributed by atoms with Crippen LogP contribution in [0.3, 0.4) is 0 Å². The molecule has 0 aliphatic carbocycles. The summed E-state index contributed by atoms with van der Waals surface area (Å²) in [6, 6.07) is 4.47. The van der Waals surface area contributed by atoms with E-state index in [1.165, 1.54) is 18.2 Å². The van der Waals surface area contributed by atoms with Gasteiger partial charge in [0, 0.05) is 6.42 Å². The van der Waals surface area contributed by atoms with E-state index in [1.807, 2.05) is 0 Å². The first kappa shape index (κ1) is 13.3. The van der Waals surface area contributed by atoms with Crippen LogP contribution in [0.15, 0.2) is 18.2 Å². The lowest BCUT2D eigenvalue weighted by Crippen LogP contribution is -2.22. The SMILES string of the molecule is O=C(CCc1ccc(Cl)c(Cl)c1)C(F)(F)F. The molecule has 0 N–H and O–H groups in total. The smallest absolute Gasteiger partial charge is 0.290 e. The van der Waals surface area contributed by atoms with Crippen LogP contribution in [0.1, 0.15) is 12.0 Å². The Morgan fingerprint density at radius 2 is 1.81 bits per heavy atom. The number of carbonyl (C=O) groups excluding carboxylic acids is 1. The normalized spacial score (nSPS) is 11.6. The molecule has 0 saturated heterocycles. The number of benzene rings is 1. The predicted molar refractivity (Wildman–Crippen MR) is 55.8 cm³/mol. The predicted octanol–water partition coefficient (Wildman–Crippen LogP) is 4.06. The highest BCUT2D eigenvalue weighted by molar-refractivity contribution is 6.42. The average molecular weight is 271 g/mol. The van der Waals surface area contributed by atoms with Crippen molar-refractivity contribution in [3.8, 4) is 0 Å². The fourth-order valence-electron chi connectivity index (χ4n) is 1.09. The molecule has 0 aliphatic heterocycles. The summed E-state index contributed by atoms with van der Waals surface area (Å²) < 4.78 is 35.7. The quantitative estimate of drug-likeness (QED) is 0.810. The third-order valence-electron chi connectivity index (χ3n) is 1.94. The lowest BCUT2D eigenvalue weighted by Gasteiger charge is -2.05. The third-order valence-corrected chi connectivity index (χ3v) is 2.68. The largest absolute Gasteiger partial charge is 0.449 e. The Bertz CT molecular complexity index is 402. The first-order chi connectivity index (χ1) is 7.30. The van der Waals surface area contributed by atoms with Crippen LogP contribution in [0.4, 0.5) is 13.2 Å². The summed E-state index contributed by atoms with van der Waals surface area (Å²) >= 11 is 11.3. The number of rotatable bonds is 3. The lowest BCUT2D eigenvalue weighted by atomic mass is 10.1. The van der Waals surface area contributed by atoms with Gasteiger partial charge < -0.3 is 0 Å². The van der Waals surface area contributed by atoms with Gasteiger partial charge in [-0.25, -0.2) is 0 Å². The van der Waals surface area contributed by atoms with Gasteiger partial charge in [-0.1, -0.05) is 29.3 Å². The van der Waals surface area contributed by atoms with Crippen molar-refractivity contribution in [3.05, 3.63) is 33.8 Å². The van der Waals surface area contributed by atoms with Crippen molar-refractivity contribution in [3.63, 3.8) is 0 Å². The minimum absolute atomic E-state index is 0.00473. The molecule has 1 aromatic rings. The van der Waals surface area contributed by atoms with Crippen molar-refractivity contribution >= 4 is 29.0 Å². The second-order valence-electron chi connectivity index (χ2n) is 3.17. The summed E-state index contributed by atoms with van der Waals surface area (Å²) in [5.41, 5.74) is 0.548. The molecule has 1 rings (SSSR count). The Hall–Kier alpha value is -0.740. The summed E-state index contributed by atoms with van der Waals surface area (Å²) in [5.74, 6) is -1.74. The molecule has 16 heavy (non-hydrogen) atoms. The van der Waals surface area contributed by atoms with E-state index >= 15 is 0 Å². The maximum atomic E-state index is 11.9. The Balaban J connectivity index is 2.62. The van der Waals surface area contributed by atoms with Gasteiger partial charge in [0.1, 0.15) is 0 Å². The Kier molecular flexibility index (Phi) is 4.21. The number of ketones is 1. The van der Waals surface area contributed by atoms with Gasteiger partial charge in [0.25, 0.3) is 0 Å². The average Bonchev–Trinajstić information content (AvgIpc) is 2.18. The highest BCUT2D eigenvalue weighted by Gasteiger charge is 2.37. The molecule has 0 aliphatic rings. The molecule has 0 spiro atoms. The zero-order valence-corrected chi connectivity index (χ0v) is 9.46. The summed E-state index contributed by atoms with van der Waals surface area (Å²) in [4.78, 5) is 10.6. The number of Topliss-reactive ketones (excluding diaryl/α,β-unsaturated/α-hetero) is 1. The molecular formula is C10H7Cl2F3O.